The first-order chi connectivity index (χ1) is 6.86. The predicted molar refractivity (Wildman–Crippen MR) is 59.3 cm³/mol. The third kappa shape index (κ3) is 2.69. The topological polar surface area (TPSA) is 35.2 Å². The maximum Gasteiger partial charge on any atom is 0.128 e. The molecule has 0 fully saturated rings. The lowest BCUT2D eigenvalue weighted by molar-refractivity contribution is 0.317. The van der Waals surface area contributed by atoms with Crippen molar-refractivity contribution in [3.8, 4) is 5.75 Å². The highest BCUT2D eigenvalue weighted by Gasteiger charge is 2.25. The first-order valence-corrected chi connectivity index (χ1v) is 4.95. The number of hydrogen-bond donors (Lipinski definition) is 1. The Labute approximate surface area is 90.2 Å². The fraction of sp³-hybridized carbons (Fsp3) is 0.500. The summed E-state index contributed by atoms with van der Waals surface area (Å²) in [5.74, 6) is 0.351. The Balaban J connectivity index is 3.12. The molecule has 0 unspecified atom stereocenters. The Morgan fingerprint density at radius 1 is 1.33 bits per heavy atom. The average Bonchev–Trinajstić information content (AvgIpc) is 2.16. The van der Waals surface area contributed by atoms with Gasteiger partial charge in [-0.25, -0.2) is 4.39 Å². The normalized spacial score (nSPS) is 13.7. The monoisotopic (exact) mass is 211 g/mol. The Bertz CT molecular complexity index is 344. The van der Waals surface area contributed by atoms with E-state index in [1.165, 1.54) is 6.07 Å². The van der Waals surface area contributed by atoms with Crippen molar-refractivity contribution in [3.63, 3.8) is 0 Å². The summed E-state index contributed by atoms with van der Waals surface area (Å²) in [6, 6.07) is 4.30. The Morgan fingerprint density at radius 3 is 2.40 bits per heavy atom. The SMILES string of the molecule is COc1ccc(F)c([C@H](N)C(C)(C)C)c1. The van der Waals surface area contributed by atoms with Gasteiger partial charge in [0.2, 0.25) is 0 Å². The third-order valence-electron chi connectivity index (χ3n) is 2.47. The Hall–Kier alpha value is -1.09. The fourth-order valence-electron chi connectivity index (χ4n) is 1.35. The quantitative estimate of drug-likeness (QED) is 0.816. The molecule has 1 rings (SSSR count). The van der Waals surface area contributed by atoms with Crippen LogP contribution in [0.2, 0.25) is 0 Å². The molecule has 0 aromatic heterocycles. The van der Waals surface area contributed by atoms with Crippen molar-refractivity contribution in [2.24, 2.45) is 11.1 Å². The predicted octanol–water partition coefficient (Wildman–Crippen LogP) is 2.88. The van der Waals surface area contributed by atoms with Crippen LogP contribution in [0.1, 0.15) is 32.4 Å². The van der Waals surface area contributed by atoms with Crippen molar-refractivity contribution in [3.05, 3.63) is 29.6 Å². The number of hydrogen-bond acceptors (Lipinski definition) is 2. The summed E-state index contributed by atoms with van der Waals surface area (Å²) in [7, 11) is 1.56. The van der Waals surface area contributed by atoms with Crippen molar-refractivity contribution < 1.29 is 9.13 Å². The molecular weight excluding hydrogens is 193 g/mol. The molecule has 3 heteroatoms. The molecule has 0 spiro atoms. The van der Waals surface area contributed by atoms with Crippen molar-refractivity contribution in [1.82, 2.24) is 0 Å². The summed E-state index contributed by atoms with van der Waals surface area (Å²) in [5, 5.41) is 0. The van der Waals surface area contributed by atoms with E-state index in [0.717, 1.165) is 0 Å². The van der Waals surface area contributed by atoms with E-state index >= 15 is 0 Å². The van der Waals surface area contributed by atoms with Gasteiger partial charge in [-0.1, -0.05) is 20.8 Å². The second kappa shape index (κ2) is 4.19. The van der Waals surface area contributed by atoms with Gasteiger partial charge < -0.3 is 10.5 Å². The van der Waals surface area contributed by atoms with Crippen LogP contribution in [0.25, 0.3) is 0 Å². The van der Waals surface area contributed by atoms with Crippen LogP contribution in [0, 0.1) is 11.2 Å². The minimum Gasteiger partial charge on any atom is -0.497 e. The molecule has 2 N–H and O–H groups in total. The van der Waals surface area contributed by atoms with Crippen LogP contribution in [0.3, 0.4) is 0 Å². The molecule has 0 saturated carbocycles. The van der Waals surface area contributed by atoms with Crippen LogP contribution < -0.4 is 10.5 Å². The lowest BCUT2D eigenvalue weighted by atomic mass is 9.83. The zero-order valence-electron chi connectivity index (χ0n) is 9.67. The van der Waals surface area contributed by atoms with Crippen LogP contribution >= 0.6 is 0 Å². The summed E-state index contributed by atoms with van der Waals surface area (Å²) in [5.41, 5.74) is 6.33. The molecule has 84 valence electrons. The smallest absolute Gasteiger partial charge is 0.128 e. The zero-order valence-corrected chi connectivity index (χ0v) is 9.67. The molecular formula is C12H18FNO. The molecule has 1 aromatic rings. The van der Waals surface area contributed by atoms with Gasteiger partial charge in [0.25, 0.3) is 0 Å². The number of methoxy groups -OCH3 is 1. The molecule has 1 aromatic carbocycles. The Kier molecular flexibility index (Phi) is 3.35. The molecule has 0 radical (unpaired) electrons. The molecule has 2 nitrogen and oxygen atoms in total. The van der Waals surface area contributed by atoms with Crippen molar-refractivity contribution >= 4 is 0 Å². The summed E-state index contributed by atoms with van der Waals surface area (Å²) in [4.78, 5) is 0. The van der Waals surface area contributed by atoms with E-state index in [1.807, 2.05) is 20.8 Å². The molecule has 0 saturated heterocycles. The maximum atomic E-state index is 13.6. The average molecular weight is 211 g/mol. The van der Waals surface area contributed by atoms with Crippen LogP contribution in [-0.2, 0) is 0 Å². The largest absolute Gasteiger partial charge is 0.497 e. The molecule has 0 aliphatic rings. The summed E-state index contributed by atoms with van der Waals surface area (Å²) in [6.07, 6.45) is 0. The van der Waals surface area contributed by atoms with Crippen molar-refractivity contribution in [1.29, 1.82) is 0 Å². The fourth-order valence-corrected chi connectivity index (χ4v) is 1.35. The minimum atomic E-state index is -0.340. The molecule has 0 amide bonds. The number of nitrogens with two attached hydrogens (primary N) is 1. The van der Waals surface area contributed by atoms with Gasteiger partial charge in [0, 0.05) is 11.6 Å². The summed E-state index contributed by atoms with van der Waals surface area (Å²) in [6.45, 7) is 5.95. The number of benzene rings is 1. The highest BCUT2D eigenvalue weighted by Crippen LogP contribution is 2.33. The van der Waals surface area contributed by atoms with E-state index in [9.17, 15) is 4.39 Å². The molecule has 0 heterocycles. The van der Waals surface area contributed by atoms with E-state index in [2.05, 4.69) is 0 Å². The molecule has 1 atom stereocenters. The third-order valence-corrected chi connectivity index (χ3v) is 2.47. The van der Waals surface area contributed by atoms with E-state index < -0.39 is 0 Å². The van der Waals surface area contributed by atoms with Crippen LogP contribution in [0.4, 0.5) is 4.39 Å². The Morgan fingerprint density at radius 2 is 1.93 bits per heavy atom. The van der Waals surface area contributed by atoms with Gasteiger partial charge in [-0.05, 0) is 23.6 Å². The highest BCUT2D eigenvalue weighted by atomic mass is 19.1. The number of ether oxygens (including phenoxy) is 1. The van der Waals surface area contributed by atoms with E-state index in [0.29, 0.717) is 11.3 Å². The van der Waals surface area contributed by atoms with Crippen molar-refractivity contribution in [2.45, 2.75) is 26.8 Å². The van der Waals surface area contributed by atoms with Gasteiger partial charge >= 0.3 is 0 Å². The minimum absolute atomic E-state index is 0.173. The van der Waals surface area contributed by atoms with Gasteiger partial charge in [0.15, 0.2) is 0 Å². The lowest BCUT2D eigenvalue weighted by Gasteiger charge is -2.27. The zero-order chi connectivity index (χ0) is 11.6. The summed E-state index contributed by atoms with van der Waals surface area (Å²) >= 11 is 0. The second-order valence-electron chi connectivity index (χ2n) is 4.73. The number of halogens is 1. The van der Waals surface area contributed by atoms with Gasteiger partial charge in [-0.2, -0.15) is 0 Å². The van der Waals surface area contributed by atoms with Gasteiger partial charge in [-0.15, -0.1) is 0 Å². The molecule has 15 heavy (non-hydrogen) atoms. The number of rotatable bonds is 2. The lowest BCUT2D eigenvalue weighted by Crippen LogP contribution is -2.27. The van der Waals surface area contributed by atoms with Crippen LogP contribution in [-0.4, -0.2) is 7.11 Å². The van der Waals surface area contributed by atoms with Gasteiger partial charge in [0.05, 0.1) is 7.11 Å². The molecule has 0 aliphatic heterocycles. The second-order valence-corrected chi connectivity index (χ2v) is 4.73. The van der Waals surface area contributed by atoms with E-state index in [1.54, 1.807) is 19.2 Å². The highest BCUT2D eigenvalue weighted by molar-refractivity contribution is 5.32. The van der Waals surface area contributed by atoms with E-state index in [-0.39, 0.29) is 17.3 Å². The van der Waals surface area contributed by atoms with Crippen LogP contribution in [0.15, 0.2) is 18.2 Å². The van der Waals surface area contributed by atoms with E-state index in [4.69, 9.17) is 10.5 Å². The van der Waals surface area contributed by atoms with Gasteiger partial charge in [-0.3, -0.25) is 0 Å². The van der Waals surface area contributed by atoms with Crippen LogP contribution in [0.5, 0.6) is 5.75 Å². The summed E-state index contributed by atoms with van der Waals surface area (Å²) < 4.78 is 18.6. The standard InChI is InChI=1S/C12H18FNO/c1-12(2,3)11(14)9-7-8(15-4)5-6-10(9)13/h5-7,11H,14H2,1-4H3/t11-/m0/s1. The van der Waals surface area contributed by atoms with Crippen molar-refractivity contribution in [2.75, 3.05) is 7.11 Å². The first kappa shape index (κ1) is 12.0. The first-order valence-electron chi connectivity index (χ1n) is 4.95. The molecule has 0 aliphatic carbocycles. The van der Waals surface area contributed by atoms with Gasteiger partial charge in [0.1, 0.15) is 11.6 Å². The maximum absolute atomic E-state index is 13.6. The molecule has 0 bridgehead atoms.